The second kappa shape index (κ2) is 5.53. The number of para-hydroxylation sites is 1. The number of aryl methyl sites for hydroxylation is 2. The van der Waals surface area contributed by atoms with Crippen molar-refractivity contribution < 1.29 is 0 Å². The summed E-state index contributed by atoms with van der Waals surface area (Å²) in [6.45, 7) is 7.60. The zero-order valence-corrected chi connectivity index (χ0v) is 12.8. The smallest absolute Gasteiger partial charge is 0.0740 e. The van der Waals surface area contributed by atoms with Crippen molar-refractivity contribution in [2.24, 2.45) is 0 Å². The fourth-order valence-electron chi connectivity index (χ4n) is 3.23. The Hall–Kier alpha value is -1.41. The second-order valence-electron chi connectivity index (χ2n) is 6.07. The van der Waals surface area contributed by atoms with Gasteiger partial charge in [0.25, 0.3) is 0 Å². The summed E-state index contributed by atoms with van der Waals surface area (Å²) in [6.07, 6.45) is 4.66. The molecule has 1 heterocycles. The van der Waals surface area contributed by atoms with Gasteiger partial charge in [-0.05, 0) is 42.4 Å². The van der Waals surface area contributed by atoms with Crippen molar-refractivity contribution in [2.45, 2.75) is 59.0 Å². The highest BCUT2D eigenvalue weighted by atomic mass is 14.9. The average Bonchev–Trinajstić information content (AvgIpc) is 2.90. The monoisotopic (exact) mass is 268 g/mol. The van der Waals surface area contributed by atoms with Crippen LogP contribution < -0.4 is 5.32 Å². The molecule has 1 aromatic carbocycles. The Morgan fingerprint density at radius 2 is 2.10 bits per heavy atom. The van der Waals surface area contributed by atoms with E-state index in [0.717, 1.165) is 19.4 Å². The van der Waals surface area contributed by atoms with Gasteiger partial charge in [-0.2, -0.15) is 0 Å². The lowest BCUT2D eigenvalue weighted by Crippen LogP contribution is -2.23. The summed E-state index contributed by atoms with van der Waals surface area (Å²) in [5.41, 5.74) is 6.96. The van der Waals surface area contributed by atoms with Crippen LogP contribution in [0.3, 0.4) is 0 Å². The van der Waals surface area contributed by atoms with E-state index in [-0.39, 0.29) is 0 Å². The normalized spacial score (nSPS) is 14.2. The van der Waals surface area contributed by atoms with Gasteiger partial charge in [0.05, 0.1) is 5.52 Å². The third kappa shape index (κ3) is 2.33. The Labute approximate surface area is 121 Å². The molecule has 0 amide bonds. The minimum absolute atomic E-state index is 0.518. The minimum Gasteiger partial charge on any atom is -0.310 e. The van der Waals surface area contributed by atoms with E-state index >= 15 is 0 Å². The molecule has 2 nitrogen and oxygen atoms in total. The van der Waals surface area contributed by atoms with Crippen LogP contribution in [0.4, 0.5) is 0 Å². The number of rotatable bonds is 4. The van der Waals surface area contributed by atoms with Crippen LogP contribution in [0.15, 0.2) is 18.2 Å². The second-order valence-corrected chi connectivity index (χ2v) is 6.07. The van der Waals surface area contributed by atoms with E-state index in [0.29, 0.717) is 6.04 Å². The predicted octanol–water partition coefficient (Wildman–Crippen LogP) is 3.78. The van der Waals surface area contributed by atoms with Crippen LogP contribution in [0.1, 0.15) is 49.6 Å². The predicted molar refractivity (Wildman–Crippen MR) is 85.1 cm³/mol. The van der Waals surface area contributed by atoms with Gasteiger partial charge in [-0.1, -0.05) is 39.0 Å². The minimum atomic E-state index is 0.518. The first kappa shape index (κ1) is 13.6. The highest BCUT2D eigenvalue weighted by Gasteiger charge is 2.20. The van der Waals surface area contributed by atoms with E-state index in [1.54, 1.807) is 0 Å². The molecule has 0 spiro atoms. The van der Waals surface area contributed by atoms with Crippen molar-refractivity contribution in [3.8, 4) is 0 Å². The summed E-state index contributed by atoms with van der Waals surface area (Å²) in [6, 6.07) is 7.17. The van der Waals surface area contributed by atoms with Crippen molar-refractivity contribution in [2.75, 3.05) is 0 Å². The van der Waals surface area contributed by atoms with E-state index in [2.05, 4.69) is 44.3 Å². The molecule has 20 heavy (non-hydrogen) atoms. The molecular weight excluding hydrogens is 244 g/mol. The highest BCUT2D eigenvalue weighted by Crippen LogP contribution is 2.31. The Morgan fingerprint density at radius 1 is 1.25 bits per heavy atom. The average molecular weight is 268 g/mol. The number of hydrogen-bond acceptors (Lipinski definition) is 2. The van der Waals surface area contributed by atoms with Gasteiger partial charge in [0.15, 0.2) is 0 Å². The summed E-state index contributed by atoms with van der Waals surface area (Å²) >= 11 is 0. The molecule has 1 aliphatic rings. The van der Waals surface area contributed by atoms with E-state index in [1.807, 2.05) is 0 Å². The number of benzene rings is 1. The van der Waals surface area contributed by atoms with Crippen LogP contribution in [0.2, 0.25) is 0 Å². The summed E-state index contributed by atoms with van der Waals surface area (Å²) in [5.74, 6) is 0. The van der Waals surface area contributed by atoms with Crippen molar-refractivity contribution >= 4 is 10.9 Å². The first-order valence-corrected chi connectivity index (χ1v) is 7.86. The lowest BCUT2D eigenvalue weighted by atomic mass is 9.98. The largest absolute Gasteiger partial charge is 0.310 e. The molecular formula is C18H24N2. The molecule has 3 rings (SSSR count). The molecule has 0 fully saturated rings. The lowest BCUT2D eigenvalue weighted by molar-refractivity contribution is 0.588. The molecule has 0 atom stereocenters. The molecule has 1 aromatic heterocycles. The molecule has 106 valence electrons. The van der Waals surface area contributed by atoms with Crippen LogP contribution in [0.25, 0.3) is 10.9 Å². The molecule has 0 bridgehead atoms. The third-order valence-corrected chi connectivity index (χ3v) is 4.31. The zero-order chi connectivity index (χ0) is 14.1. The van der Waals surface area contributed by atoms with E-state index < -0.39 is 0 Å². The maximum atomic E-state index is 4.99. The van der Waals surface area contributed by atoms with Crippen LogP contribution in [-0.4, -0.2) is 11.0 Å². The summed E-state index contributed by atoms with van der Waals surface area (Å²) < 4.78 is 0. The van der Waals surface area contributed by atoms with Crippen molar-refractivity contribution in [3.63, 3.8) is 0 Å². The van der Waals surface area contributed by atoms with Gasteiger partial charge in [-0.15, -0.1) is 0 Å². The molecule has 2 heteroatoms. The third-order valence-electron chi connectivity index (χ3n) is 4.31. The Kier molecular flexibility index (Phi) is 3.75. The van der Waals surface area contributed by atoms with Gasteiger partial charge in [0.2, 0.25) is 0 Å². The van der Waals surface area contributed by atoms with E-state index in [1.165, 1.54) is 46.1 Å². The lowest BCUT2D eigenvalue weighted by Gasteiger charge is -2.16. The van der Waals surface area contributed by atoms with E-state index in [9.17, 15) is 0 Å². The number of nitrogens with one attached hydrogen (secondary N) is 1. The van der Waals surface area contributed by atoms with Crippen LogP contribution in [0, 0.1) is 0 Å². The SMILES string of the molecule is CCc1cccc2c(CNC(C)C)c3c(nc12)CCC3. The maximum Gasteiger partial charge on any atom is 0.0740 e. The van der Waals surface area contributed by atoms with Crippen molar-refractivity contribution in [1.82, 2.24) is 10.3 Å². The van der Waals surface area contributed by atoms with Crippen LogP contribution in [0.5, 0.6) is 0 Å². The maximum absolute atomic E-state index is 4.99. The fourth-order valence-corrected chi connectivity index (χ4v) is 3.23. The summed E-state index contributed by atoms with van der Waals surface area (Å²) in [5, 5.41) is 4.95. The molecule has 2 aromatic rings. The number of hydrogen-bond donors (Lipinski definition) is 1. The van der Waals surface area contributed by atoms with Gasteiger partial charge >= 0.3 is 0 Å². The number of nitrogens with zero attached hydrogens (tertiary/aromatic N) is 1. The molecule has 0 saturated heterocycles. The van der Waals surface area contributed by atoms with Gasteiger partial charge < -0.3 is 5.32 Å². The first-order chi connectivity index (χ1) is 9.70. The zero-order valence-electron chi connectivity index (χ0n) is 12.8. The summed E-state index contributed by atoms with van der Waals surface area (Å²) in [7, 11) is 0. The van der Waals surface area contributed by atoms with Gasteiger partial charge in [-0.3, -0.25) is 4.98 Å². The molecule has 1 N–H and O–H groups in total. The Morgan fingerprint density at radius 3 is 2.85 bits per heavy atom. The summed E-state index contributed by atoms with van der Waals surface area (Å²) in [4.78, 5) is 4.99. The van der Waals surface area contributed by atoms with E-state index in [4.69, 9.17) is 4.98 Å². The standard InChI is InChI=1S/C18H24N2/c1-4-13-7-5-9-15-16(11-19-12(2)3)14-8-6-10-17(14)20-18(13)15/h5,7,9,12,19H,4,6,8,10-11H2,1-3H3. The molecule has 0 aliphatic heterocycles. The molecule has 0 saturated carbocycles. The molecule has 0 radical (unpaired) electrons. The fraction of sp³-hybridized carbons (Fsp3) is 0.500. The van der Waals surface area contributed by atoms with Gasteiger partial charge in [0, 0.05) is 23.7 Å². The number of pyridine rings is 1. The Bertz CT molecular complexity index is 629. The van der Waals surface area contributed by atoms with Gasteiger partial charge in [0.1, 0.15) is 0 Å². The van der Waals surface area contributed by atoms with Gasteiger partial charge in [-0.25, -0.2) is 0 Å². The van der Waals surface area contributed by atoms with Crippen LogP contribution >= 0.6 is 0 Å². The molecule has 1 aliphatic carbocycles. The number of aromatic nitrogens is 1. The van der Waals surface area contributed by atoms with Crippen LogP contribution in [-0.2, 0) is 25.8 Å². The number of fused-ring (bicyclic) bond motifs is 2. The van der Waals surface area contributed by atoms with Crippen molar-refractivity contribution in [1.29, 1.82) is 0 Å². The molecule has 0 unspecified atom stereocenters. The highest BCUT2D eigenvalue weighted by molar-refractivity contribution is 5.86. The topological polar surface area (TPSA) is 24.9 Å². The Balaban J connectivity index is 2.18. The quantitative estimate of drug-likeness (QED) is 0.912. The first-order valence-electron chi connectivity index (χ1n) is 7.86. The van der Waals surface area contributed by atoms with Crippen molar-refractivity contribution in [3.05, 3.63) is 40.6 Å².